The topological polar surface area (TPSA) is 208 Å². The normalized spacial score (nSPS) is 17.0. The van der Waals surface area contributed by atoms with Crippen molar-refractivity contribution in [2.45, 2.75) is 76.7 Å². The fourth-order valence-electron chi connectivity index (χ4n) is 5.52. The van der Waals surface area contributed by atoms with Crippen molar-refractivity contribution in [3.05, 3.63) is 0 Å². The number of rotatable bonds is 22. The zero-order valence-electron chi connectivity index (χ0n) is 27.4. The lowest BCUT2D eigenvalue weighted by Crippen LogP contribution is -2.52. The molecule has 1 fully saturated rings. The zero-order chi connectivity index (χ0) is 34.3. The summed E-state index contributed by atoms with van der Waals surface area (Å²) in [6, 6.07) is -1.04. The number of nitrogens with zero attached hydrogens (tertiary/aromatic N) is 4. The number of carbonyl (C=O) groups excluding carboxylic acids is 2. The molecular weight excluding hydrogens is 601 g/mol. The van der Waals surface area contributed by atoms with Crippen molar-refractivity contribution in [2.75, 3.05) is 78.5 Å². The summed E-state index contributed by atoms with van der Waals surface area (Å²) in [5, 5.41) is 41.1. The highest BCUT2D eigenvalue weighted by molar-refractivity contribution is 6.57. The van der Waals surface area contributed by atoms with Crippen LogP contribution in [0.3, 0.4) is 0 Å². The van der Waals surface area contributed by atoms with Crippen LogP contribution in [0, 0.1) is 0 Å². The maximum atomic E-state index is 12.6. The number of hydrogen-bond acceptors (Lipinski definition) is 10. The Balaban J connectivity index is 2.70. The standard InChI is InChI=1S/C30H54BN5O10/c31-25(37)9-7-5-3-1-2-4-6-8-12-32-26(38)11-10-24(30(45)46)36-19-17-34(22-28(41)42)15-13-33(21-27(39)40)14-16-35(18-20-36)23-29(43)44/h24H,1-23,31H2,(H,32,38)(H,39,40)(H,41,42)(H,43,44)(H,45,46). The van der Waals surface area contributed by atoms with Crippen LogP contribution in [-0.2, 0) is 28.8 Å². The van der Waals surface area contributed by atoms with Gasteiger partial charge in [-0.05, 0) is 25.7 Å². The van der Waals surface area contributed by atoms with Gasteiger partial charge in [-0.2, -0.15) is 0 Å². The van der Waals surface area contributed by atoms with Crippen molar-refractivity contribution in [3.8, 4) is 0 Å². The molecule has 15 nitrogen and oxygen atoms in total. The number of amides is 1. The van der Waals surface area contributed by atoms with Crippen molar-refractivity contribution in [2.24, 2.45) is 0 Å². The van der Waals surface area contributed by atoms with E-state index in [2.05, 4.69) is 5.32 Å². The first-order valence-electron chi connectivity index (χ1n) is 16.4. The molecule has 16 heteroatoms. The fourth-order valence-corrected chi connectivity index (χ4v) is 5.52. The first-order chi connectivity index (χ1) is 21.9. The Morgan fingerprint density at radius 1 is 0.565 bits per heavy atom. The highest BCUT2D eigenvalue weighted by atomic mass is 16.4. The van der Waals surface area contributed by atoms with Crippen molar-refractivity contribution < 1.29 is 49.2 Å². The highest BCUT2D eigenvalue weighted by Gasteiger charge is 2.28. The molecule has 1 rings (SSSR count). The summed E-state index contributed by atoms with van der Waals surface area (Å²) in [5.74, 6) is -4.55. The average Bonchev–Trinajstić information content (AvgIpc) is 2.95. The lowest BCUT2D eigenvalue weighted by atomic mass is 9.96. The van der Waals surface area contributed by atoms with Crippen LogP contribution in [-0.4, -0.2) is 168 Å². The van der Waals surface area contributed by atoms with Crippen LogP contribution in [0.2, 0.25) is 0 Å². The van der Waals surface area contributed by atoms with E-state index in [0.717, 1.165) is 51.4 Å². The van der Waals surface area contributed by atoms with Gasteiger partial charge < -0.3 is 30.5 Å². The monoisotopic (exact) mass is 655 g/mol. The maximum Gasteiger partial charge on any atom is 0.320 e. The molecule has 0 aliphatic carbocycles. The highest BCUT2D eigenvalue weighted by Crippen LogP contribution is 2.12. The SMILES string of the molecule is BC(=O)CCCCCCCCCCNC(=O)CCC(C(=O)O)N1CCN(CC(=O)O)CCN(CC(=O)O)CCN(CC(=O)O)CC1. The molecule has 1 aliphatic rings. The quantitative estimate of drug-likeness (QED) is 0.0735. The van der Waals surface area contributed by atoms with E-state index in [0.29, 0.717) is 13.0 Å². The second kappa shape index (κ2) is 24.1. The number of hydrogen-bond donors (Lipinski definition) is 5. The Morgan fingerprint density at radius 2 is 0.957 bits per heavy atom. The number of unbranched alkanes of at least 4 members (excludes halogenated alkanes) is 7. The van der Waals surface area contributed by atoms with E-state index in [-0.39, 0.29) is 96.4 Å². The average molecular weight is 656 g/mol. The van der Waals surface area contributed by atoms with E-state index in [1.807, 2.05) is 0 Å². The smallest absolute Gasteiger partial charge is 0.320 e. The number of aliphatic carboxylic acids is 4. The molecule has 0 aromatic rings. The number of carboxylic acids is 4. The molecule has 0 radical (unpaired) electrons. The van der Waals surface area contributed by atoms with Gasteiger partial charge in [-0.1, -0.05) is 38.5 Å². The lowest BCUT2D eigenvalue weighted by Gasteiger charge is -2.35. The molecule has 0 saturated carbocycles. The Labute approximate surface area is 272 Å². The fraction of sp³-hybridized carbons (Fsp3) is 0.800. The van der Waals surface area contributed by atoms with Gasteiger partial charge in [0, 0.05) is 65.3 Å². The molecule has 0 spiro atoms. The number of nitrogens with one attached hydrogen (secondary N) is 1. The summed E-state index contributed by atoms with van der Waals surface area (Å²) in [7, 11) is 1.61. The third-order valence-electron chi connectivity index (χ3n) is 8.10. The molecule has 262 valence electrons. The Morgan fingerprint density at radius 3 is 1.35 bits per heavy atom. The van der Waals surface area contributed by atoms with Crippen LogP contribution in [0.25, 0.3) is 0 Å². The van der Waals surface area contributed by atoms with Gasteiger partial charge in [0.25, 0.3) is 0 Å². The summed E-state index contributed by atoms with van der Waals surface area (Å²) in [4.78, 5) is 76.8. The molecule has 1 amide bonds. The molecule has 0 bridgehead atoms. The predicted octanol–water partition coefficient (Wildman–Crippen LogP) is -0.518. The van der Waals surface area contributed by atoms with Gasteiger partial charge >= 0.3 is 23.9 Å². The molecule has 1 heterocycles. The van der Waals surface area contributed by atoms with Gasteiger partial charge in [-0.3, -0.25) is 43.6 Å². The molecule has 0 aromatic heterocycles. The van der Waals surface area contributed by atoms with Crippen LogP contribution < -0.4 is 5.32 Å². The second-order valence-electron chi connectivity index (χ2n) is 12.1. The first kappa shape index (κ1) is 40.9. The third-order valence-corrected chi connectivity index (χ3v) is 8.10. The van der Waals surface area contributed by atoms with Crippen LogP contribution in [0.5, 0.6) is 0 Å². The van der Waals surface area contributed by atoms with E-state index in [4.69, 9.17) is 0 Å². The van der Waals surface area contributed by atoms with Crippen molar-refractivity contribution >= 4 is 43.3 Å². The molecule has 5 N–H and O–H groups in total. The lowest BCUT2D eigenvalue weighted by molar-refractivity contribution is -0.145. The molecule has 1 unspecified atom stereocenters. The van der Waals surface area contributed by atoms with Gasteiger partial charge in [-0.15, -0.1) is 0 Å². The van der Waals surface area contributed by atoms with E-state index in [1.165, 1.54) is 0 Å². The van der Waals surface area contributed by atoms with Gasteiger partial charge in [0.15, 0.2) is 7.85 Å². The summed E-state index contributed by atoms with van der Waals surface area (Å²) < 4.78 is 0. The van der Waals surface area contributed by atoms with E-state index in [9.17, 15) is 49.2 Å². The van der Waals surface area contributed by atoms with Gasteiger partial charge in [0.05, 0.1) is 25.3 Å². The van der Waals surface area contributed by atoms with Crippen LogP contribution in [0.1, 0.15) is 70.6 Å². The van der Waals surface area contributed by atoms with Gasteiger partial charge in [0.2, 0.25) is 5.91 Å². The number of carboxylic acid groups (broad SMARTS) is 4. The first-order valence-corrected chi connectivity index (χ1v) is 16.4. The van der Waals surface area contributed by atoms with Crippen molar-refractivity contribution in [3.63, 3.8) is 0 Å². The molecule has 1 saturated heterocycles. The van der Waals surface area contributed by atoms with Gasteiger partial charge in [-0.25, -0.2) is 0 Å². The van der Waals surface area contributed by atoms with Crippen LogP contribution >= 0.6 is 0 Å². The summed E-state index contributed by atoms with van der Waals surface area (Å²) in [6.45, 7) is 1.29. The zero-order valence-corrected chi connectivity index (χ0v) is 27.4. The molecule has 46 heavy (non-hydrogen) atoms. The maximum absolute atomic E-state index is 12.6. The molecule has 0 aromatic carbocycles. The largest absolute Gasteiger partial charge is 0.480 e. The Bertz CT molecular complexity index is 940. The minimum Gasteiger partial charge on any atom is -0.480 e. The van der Waals surface area contributed by atoms with Gasteiger partial charge in [0.1, 0.15) is 6.04 Å². The van der Waals surface area contributed by atoms with Crippen molar-refractivity contribution in [1.82, 2.24) is 24.9 Å². The summed E-state index contributed by atoms with van der Waals surface area (Å²) >= 11 is 0. The molecule has 1 atom stereocenters. The Kier molecular flexibility index (Phi) is 21.5. The van der Waals surface area contributed by atoms with E-state index in [1.54, 1.807) is 27.4 Å². The summed E-state index contributed by atoms with van der Waals surface area (Å²) in [6.07, 6.45) is 8.92. The van der Waals surface area contributed by atoms with Crippen LogP contribution in [0.4, 0.5) is 0 Å². The molecule has 1 aliphatic heterocycles. The molecular formula is C30H54BN5O10. The minimum atomic E-state index is -1.12. The van der Waals surface area contributed by atoms with E-state index >= 15 is 0 Å². The summed E-state index contributed by atoms with van der Waals surface area (Å²) in [5.41, 5.74) is 0.233. The predicted molar refractivity (Wildman–Crippen MR) is 173 cm³/mol. The van der Waals surface area contributed by atoms with E-state index < -0.39 is 29.9 Å². The third kappa shape index (κ3) is 20.9. The van der Waals surface area contributed by atoms with Crippen LogP contribution in [0.15, 0.2) is 0 Å². The number of carbonyl (C=O) groups is 6. The second-order valence-corrected chi connectivity index (χ2v) is 12.1. The van der Waals surface area contributed by atoms with Crippen molar-refractivity contribution in [1.29, 1.82) is 0 Å². The minimum absolute atomic E-state index is 0.00441. The Hall–Kier alpha value is -3.08.